The number of aromatic amines is 1. The lowest BCUT2D eigenvalue weighted by atomic mass is 10.1. The number of hydrogen-bond donors (Lipinski definition) is 1. The van der Waals surface area contributed by atoms with E-state index in [1.54, 1.807) is 19.1 Å². The van der Waals surface area contributed by atoms with Gasteiger partial charge < -0.3 is 9.72 Å². The number of ketones is 1. The van der Waals surface area contributed by atoms with Crippen molar-refractivity contribution in [1.29, 1.82) is 0 Å². The molecule has 1 aromatic heterocycles. The Morgan fingerprint density at radius 1 is 1.14 bits per heavy atom. The van der Waals surface area contributed by atoms with Gasteiger partial charge in [-0.05, 0) is 50.7 Å². The van der Waals surface area contributed by atoms with Crippen LogP contribution >= 0.6 is 0 Å². The number of benzene rings is 2. The second kappa shape index (κ2) is 8.80. The Morgan fingerprint density at radius 3 is 2.64 bits per heavy atom. The van der Waals surface area contributed by atoms with Crippen molar-refractivity contribution in [3.05, 3.63) is 69.8 Å². The molecule has 3 aromatic rings. The van der Waals surface area contributed by atoms with Gasteiger partial charge in [0.25, 0.3) is 5.56 Å². The number of carbonyl (C=O) groups excluding carboxylic acids is 1. The third kappa shape index (κ3) is 4.46. The van der Waals surface area contributed by atoms with E-state index < -0.39 is 0 Å². The standard InChI is InChI=1S/C22H25N3O3/c1-4-25(13-17-12-16(15(3)26)10-11-20(17)28-5-2)14-21-23-19-9-7-6-8-18(19)22(27)24-21/h6-12H,4-5,13-14H2,1-3H3,(H,23,24,27). The highest BCUT2D eigenvalue weighted by Gasteiger charge is 2.13. The average molecular weight is 379 g/mol. The van der Waals surface area contributed by atoms with Crippen LogP contribution in [0.15, 0.2) is 47.3 Å². The monoisotopic (exact) mass is 379 g/mol. The quantitative estimate of drug-likeness (QED) is 0.606. The largest absolute Gasteiger partial charge is 0.494 e. The summed E-state index contributed by atoms with van der Waals surface area (Å²) in [7, 11) is 0. The molecule has 1 heterocycles. The molecule has 0 spiro atoms. The third-order valence-electron chi connectivity index (χ3n) is 4.64. The number of nitrogens with zero attached hydrogens (tertiary/aromatic N) is 2. The van der Waals surface area contributed by atoms with Gasteiger partial charge in [-0.1, -0.05) is 19.1 Å². The Kier molecular flexibility index (Phi) is 6.21. The molecule has 0 aliphatic carbocycles. The Morgan fingerprint density at radius 2 is 1.93 bits per heavy atom. The van der Waals surface area contributed by atoms with Crippen LogP contribution in [0.2, 0.25) is 0 Å². The van der Waals surface area contributed by atoms with Gasteiger partial charge in [0.05, 0.1) is 24.1 Å². The van der Waals surface area contributed by atoms with Crippen LogP contribution in [0.4, 0.5) is 0 Å². The van der Waals surface area contributed by atoms with Gasteiger partial charge in [0.1, 0.15) is 11.6 Å². The molecule has 0 atom stereocenters. The molecule has 1 N–H and O–H groups in total. The Labute approximate surface area is 164 Å². The number of carbonyl (C=O) groups is 1. The third-order valence-corrected chi connectivity index (χ3v) is 4.64. The predicted octanol–water partition coefficient (Wildman–Crippen LogP) is 3.55. The first kappa shape index (κ1) is 19.8. The minimum atomic E-state index is -0.134. The van der Waals surface area contributed by atoms with Crippen molar-refractivity contribution in [1.82, 2.24) is 14.9 Å². The van der Waals surface area contributed by atoms with Crippen molar-refractivity contribution in [3.8, 4) is 5.75 Å². The van der Waals surface area contributed by atoms with Gasteiger partial charge >= 0.3 is 0 Å². The maximum absolute atomic E-state index is 12.3. The molecule has 6 heteroatoms. The molecule has 0 aliphatic rings. The zero-order valence-electron chi connectivity index (χ0n) is 16.5. The molecular weight excluding hydrogens is 354 g/mol. The Bertz CT molecular complexity index is 1040. The molecule has 0 fully saturated rings. The maximum atomic E-state index is 12.3. The number of Topliss-reactive ketones (excluding diaryl/α,β-unsaturated/α-hetero) is 1. The zero-order valence-corrected chi connectivity index (χ0v) is 16.5. The number of fused-ring (bicyclic) bond motifs is 1. The van der Waals surface area contributed by atoms with Crippen molar-refractivity contribution >= 4 is 16.7 Å². The van der Waals surface area contributed by atoms with E-state index in [2.05, 4.69) is 14.9 Å². The average Bonchev–Trinajstić information content (AvgIpc) is 2.68. The van der Waals surface area contributed by atoms with Crippen LogP contribution in [-0.2, 0) is 13.1 Å². The first-order valence-corrected chi connectivity index (χ1v) is 9.48. The molecule has 0 amide bonds. The van der Waals surface area contributed by atoms with Crippen LogP contribution in [-0.4, -0.2) is 33.8 Å². The van der Waals surface area contributed by atoms with E-state index in [4.69, 9.17) is 4.74 Å². The zero-order chi connectivity index (χ0) is 20.1. The fraction of sp³-hybridized carbons (Fsp3) is 0.318. The molecule has 146 valence electrons. The summed E-state index contributed by atoms with van der Waals surface area (Å²) in [5, 5.41) is 0.585. The maximum Gasteiger partial charge on any atom is 0.258 e. The molecule has 0 saturated heterocycles. The lowest BCUT2D eigenvalue weighted by molar-refractivity contribution is 0.101. The topological polar surface area (TPSA) is 75.3 Å². The summed E-state index contributed by atoms with van der Waals surface area (Å²) in [4.78, 5) is 33.7. The van der Waals surface area contributed by atoms with E-state index in [0.717, 1.165) is 17.9 Å². The highest BCUT2D eigenvalue weighted by Crippen LogP contribution is 2.23. The Balaban J connectivity index is 1.87. The van der Waals surface area contributed by atoms with Gasteiger partial charge in [-0.15, -0.1) is 0 Å². The van der Waals surface area contributed by atoms with E-state index in [1.807, 2.05) is 44.2 Å². The summed E-state index contributed by atoms with van der Waals surface area (Å²) in [5.41, 5.74) is 2.16. The fourth-order valence-electron chi connectivity index (χ4n) is 3.16. The molecule has 0 bridgehead atoms. The summed E-state index contributed by atoms with van der Waals surface area (Å²) < 4.78 is 5.73. The molecule has 0 radical (unpaired) electrons. The van der Waals surface area contributed by atoms with Gasteiger partial charge in [-0.2, -0.15) is 0 Å². The molecule has 28 heavy (non-hydrogen) atoms. The van der Waals surface area contributed by atoms with E-state index >= 15 is 0 Å². The second-order valence-electron chi connectivity index (χ2n) is 6.64. The summed E-state index contributed by atoms with van der Waals surface area (Å²) in [6, 6.07) is 12.8. The summed E-state index contributed by atoms with van der Waals surface area (Å²) in [6.07, 6.45) is 0. The van der Waals surface area contributed by atoms with E-state index in [-0.39, 0.29) is 11.3 Å². The van der Waals surface area contributed by atoms with Crippen molar-refractivity contribution in [2.45, 2.75) is 33.9 Å². The fourth-order valence-corrected chi connectivity index (χ4v) is 3.16. The number of ether oxygens (including phenoxy) is 1. The summed E-state index contributed by atoms with van der Waals surface area (Å²) in [5.74, 6) is 1.41. The highest BCUT2D eigenvalue weighted by molar-refractivity contribution is 5.94. The lowest BCUT2D eigenvalue weighted by Gasteiger charge is -2.22. The van der Waals surface area contributed by atoms with Crippen molar-refractivity contribution < 1.29 is 9.53 Å². The van der Waals surface area contributed by atoms with Gasteiger partial charge in [-0.3, -0.25) is 14.5 Å². The number of nitrogens with one attached hydrogen (secondary N) is 1. The Hall–Kier alpha value is -2.99. The highest BCUT2D eigenvalue weighted by atomic mass is 16.5. The number of aromatic nitrogens is 2. The van der Waals surface area contributed by atoms with E-state index in [9.17, 15) is 9.59 Å². The molecule has 6 nitrogen and oxygen atoms in total. The molecule has 0 saturated carbocycles. The normalized spacial score (nSPS) is 11.1. The summed E-state index contributed by atoms with van der Waals surface area (Å²) >= 11 is 0. The van der Waals surface area contributed by atoms with Crippen LogP contribution in [0.3, 0.4) is 0 Å². The van der Waals surface area contributed by atoms with Crippen LogP contribution in [0.25, 0.3) is 10.9 Å². The molecule has 0 unspecified atom stereocenters. The van der Waals surface area contributed by atoms with Crippen LogP contribution < -0.4 is 10.3 Å². The smallest absolute Gasteiger partial charge is 0.258 e. The first-order valence-electron chi connectivity index (χ1n) is 9.48. The number of para-hydroxylation sites is 1. The molecular formula is C22H25N3O3. The molecule has 3 rings (SSSR count). The number of H-pyrrole nitrogens is 1. The van der Waals surface area contributed by atoms with Crippen molar-refractivity contribution in [2.24, 2.45) is 0 Å². The van der Waals surface area contributed by atoms with Crippen molar-refractivity contribution in [2.75, 3.05) is 13.2 Å². The first-order chi connectivity index (χ1) is 13.5. The number of rotatable bonds is 8. The van der Waals surface area contributed by atoms with Gasteiger partial charge in [0.2, 0.25) is 0 Å². The minimum Gasteiger partial charge on any atom is -0.494 e. The van der Waals surface area contributed by atoms with Crippen molar-refractivity contribution in [3.63, 3.8) is 0 Å². The van der Waals surface area contributed by atoms with Crippen LogP contribution in [0.5, 0.6) is 5.75 Å². The molecule has 2 aromatic carbocycles. The lowest BCUT2D eigenvalue weighted by Crippen LogP contribution is -2.25. The second-order valence-corrected chi connectivity index (χ2v) is 6.64. The summed E-state index contributed by atoms with van der Waals surface area (Å²) in [6.45, 7) is 7.93. The van der Waals surface area contributed by atoms with Gasteiger partial charge in [0.15, 0.2) is 5.78 Å². The van der Waals surface area contributed by atoms with Gasteiger partial charge in [0, 0.05) is 17.7 Å². The van der Waals surface area contributed by atoms with Crippen LogP contribution in [0.1, 0.15) is 42.5 Å². The van der Waals surface area contributed by atoms with E-state index in [1.165, 1.54) is 0 Å². The minimum absolute atomic E-state index is 0.0212. The number of hydrogen-bond acceptors (Lipinski definition) is 5. The van der Waals surface area contributed by atoms with E-state index in [0.29, 0.717) is 42.0 Å². The SMILES string of the molecule is CCOc1ccc(C(C)=O)cc1CN(CC)Cc1nc2ccccc2c(=O)[nH]1. The van der Waals surface area contributed by atoms with Crippen LogP contribution in [0, 0.1) is 0 Å². The van der Waals surface area contributed by atoms with Gasteiger partial charge in [-0.25, -0.2) is 4.98 Å². The predicted molar refractivity (Wildman–Crippen MR) is 110 cm³/mol. The molecule has 0 aliphatic heterocycles.